The van der Waals surface area contributed by atoms with Gasteiger partial charge in [-0.1, -0.05) is 22.0 Å². The van der Waals surface area contributed by atoms with Crippen molar-refractivity contribution in [3.05, 3.63) is 68.5 Å². The quantitative estimate of drug-likeness (QED) is 0.411. The number of halogens is 1. The van der Waals surface area contributed by atoms with Gasteiger partial charge in [-0.05, 0) is 55.3 Å². The van der Waals surface area contributed by atoms with Crippen LogP contribution in [0.5, 0.6) is 0 Å². The van der Waals surface area contributed by atoms with Gasteiger partial charge in [-0.15, -0.1) is 0 Å². The van der Waals surface area contributed by atoms with Crippen LogP contribution in [0.3, 0.4) is 0 Å². The molecule has 0 N–H and O–H groups in total. The zero-order valence-corrected chi connectivity index (χ0v) is 14.2. The predicted octanol–water partition coefficient (Wildman–Crippen LogP) is 5.59. The normalized spacial score (nSPS) is 11.4. The molecule has 0 radical (unpaired) electrons. The third kappa shape index (κ3) is 2.39. The van der Waals surface area contributed by atoms with E-state index in [0.29, 0.717) is 11.3 Å². The molecule has 4 rings (SSSR count). The summed E-state index contributed by atoms with van der Waals surface area (Å²) in [6, 6.07) is 13.3. The third-order valence-corrected chi connectivity index (χ3v) is 4.41. The second-order valence-electron chi connectivity index (χ2n) is 5.73. The molecule has 4 aromatic rings. The molecule has 0 aliphatic carbocycles. The van der Waals surface area contributed by atoms with Gasteiger partial charge in [-0.2, -0.15) is 0 Å². The second-order valence-corrected chi connectivity index (χ2v) is 6.65. The van der Waals surface area contributed by atoms with Crippen LogP contribution in [0.4, 0.5) is 0 Å². The van der Waals surface area contributed by atoms with Crippen molar-refractivity contribution in [1.82, 2.24) is 0 Å². The summed E-state index contributed by atoms with van der Waals surface area (Å²) in [5, 5.41) is 1.88. The lowest BCUT2D eigenvalue weighted by Crippen LogP contribution is -1.99. The minimum Gasteiger partial charge on any atom is -0.456 e. The fourth-order valence-electron chi connectivity index (χ4n) is 2.97. The Kier molecular flexibility index (Phi) is 3.16. The Balaban J connectivity index is 2.08. The van der Waals surface area contributed by atoms with Crippen LogP contribution in [0.1, 0.15) is 11.1 Å². The lowest BCUT2D eigenvalue weighted by molar-refractivity contribution is 0.557. The molecule has 0 saturated carbocycles. The largest absolute Gasteiger partial charge is 0.456 e. The van der Waals surface area contributed by atoms with Gasteiger partial charge in [0.05, 0.1) is 0 Å². The Labute approximate surface area is 140 Å². The highest BCUT2D eigenvalue weighted by molar-refractivity contribution is 9.10. The van der Waals surface area contributed by atoms with Crippen molar-refractivity contribution in [2.24, 2.45) is 0 Å². The van der Waals surface area contributed by atoms with Crippen LogP contribution in [0.25, 0.3) is 33.3 Å². The molecule has 0 aliphatic heterocycles. The molecular formula is C19H13BrO3. The molecule has 0 bridgehead atoms. The van der Waals surface area contributed by atoms with Crippen molar-refractivity contribution < 1.29 is 8.83 Å². The van der Waals surface area contributed by atoms with Gasteiger partial charge >= 0.3 is 5.63 Å². The molecule has 2 aromatic carbocycles. The van der Waals surface area contributed by atoms with Gasteiger partial charge in [0, 0.05) is 26.9 Å². The number of rotatable bonds is 1. The summed E-state index contributed by atoms with van der Waals surface area (Å²) >= 11 is 3.46. The van der Waals surface area contributed by atoms with Crippen molar-refractivity contribution in [3.8, 4) is 11.3 Å². The van der Waals surface area contributed by atoms with E-state index in [4.69, 9.17) is 8.83 Å². The summed E-state index contributed by atoms with van der Waals surface area (Å²) in [6.45, 7) is 3.97. The molecule has 0 aliphatic rings. The Morgan fingerprint density at radius 1 is 0.957 bits per heavy atom. The summed E-state index contributed by atoms with van der Waals surface area (Å²) in [4.78, 5) is 12.0. The van der Waals surface area contributed by atoms with Crippen molar-refractivity contribution in [1.29, 1.82) is 0 Å². The fraction of sp³-hybridized carbons (Fsp3) is 0.105. The smallest absolute Gasteiger partial charge is 0.336 e. The van der Waals surface area contributed by atoms with Crippen LogP contribution in [0.2, 0.25) is 0 Å². The van der Waals surface area contributed by atoms with E-state index in [1.54, 1.807) is 0 Å². The molecule has 0 saturated heterocycles. The summed E-state index contributed by atoms with van der Waals surface area (Å²) in [7, 11) is 0. The van der Waals surface area contributed by atoms with E-state index in [1.807, 2.05) is 50.2 Å². The first kappa shape index (κ1) is 14.3. The van der Waals surface area contributed by atoms with Crippen molar-refractivity contribution >= 4 is 37.9 Å². The van der Waals surface area contributed by atoms with Crippen LogP contribution < -0.4 is 5.63 Å². The van der Waals surface area contributed by atoms with Gasteiger partial charge in [-0.25, -0.2) is 4.79 Å². The van der Waals surface area contributed by atoms with Crippen LogP contribution in [0, 0.1) is 13.8 Å². The summed E-state index contributed by atoms with van der Waals surface area (Å²) in [5.74, 6) is 0.668. The van der Waals surface area contributed by atoms with Crippen molar-refractivity contribution in [2.45, 2.75) is 13.8 Å². The monoisotopic (exact) mass is 368 g/mol. The third-order valence-electron chi connectivity index (χ3n) is 3.92. The zero-order valence-electron chi connectivity index (χ0n) is 12.6. The van der Waals surface area contributed by atoms with Gasteiger partial charge < -0.3 is 8.83 Å². The number of benzene rings is 2. The Hall–Kier alpha value is -2.33. The van der Waals surface area contributed by atoms with E-state index < -0.39 is 0 Å². The topological polar surface area (TPSA) is 43.4 Å². The van der Waals surface area contributed by atoms with E-state index in [-0.39, 0.29) is 5.63 Å². The maximum atomic E-state index is 12.0. The Morgan fingerprint density at radius 2 is 1.78 bits per heavy atom. The van der Waals surface area contributed by atoms with E-state index in [0.717, 1.165) is 37.5 Å². The predicted molar refractivity (Wildman–Crippen MR) is 94.9 cm³/mol. The molecule has 114 valence electrons. The Morgan fingerprint density at radius 3 is 2.61 bits per heavy atom. The molecule has 2 aromatic heterocycles. The summed E-state index contributed by atoms with van der Waals surface area (Å²) < 4.78 is 12.3. The summed E-state index contributed by atoms with van der Waals surface area (Å²) in [5.41, 5.74) is 3.84. The molecule has 3 nitrogen and oxygen atoms in total. The number of hydrogen-bond acceptors (Lipinski definition) is 3. The highest BCUT2D eigenvalue weighted by Crippen LogP contribution is 2.34. The number of aryl methyl sites for hydroxylation is 2. The lowest BCUT2D eigenvalue weighted by atomic mass is 10.0. The highest BCUT2D eigenvalue weighted by Gasteiger charge is 2.14. The Bertz CT molecular complexity index is 1120. The average Bonchev–Trinajstić information content (AvgIpc) is 2.90. The molecule has 2 heterocycles. The van der Waals surface area contributed by atoms with Gasteiger partial charge in [0.25, 0.3) is 0 Å². The van der Waals surface area contributed by atoms with Crippen molar-refractivity contribution in [3.63, 3.8) is 0 Å². The molecule has 0 amide bonds. The first-order valence-corrected chi connectivity index (χ1v) is 8.05. The number of furan rings is 1. The molecule has 4 heteroatoms. The molecule has 0 spiro atoms. The zero-order chi connectivity index (χ0) is 16.1. The molecular weight excluding hydrogens is 356 g/mol. The van der Waals surface area contributed by atoms with E-state index in [1.165, 1.54) is 6.07 Å². The first-order valence-electron chi connectivity index (χ1n) is 7.26. The van der Waals surface area contributed by atoms with E-state index in [9.17, 15) is 4.79 Å². The van der Waals surface area contributed by atoms with Crippen LogP contribution in [0.15, 0.2) is 60.6 Å². The molecule has 0 fully saturated rings. The minimum absolute atomic E-state index is 0.374. The van der Waals surface area contributed by atoms with Gasteiger partial charge in [0.1, 0.15) is 16.9 Å². The molecule has 23 heavy (non-hydrogen) atoms. The maximum absolute atomic E-state index is 12.0. The van der Waals surface area contributed by atoms with E-state index in [2.05, 4.69) is 15.9 Å². The summed E-state index contributed by atoms with van der Waals surface area (Å²) in [6.07, 6.45) is 0. The van der Waals surface area contributed by atoms with Gasteiger partial charge in [-0.3, -0.25) is 0 Å². The molecule has 0 unspecified atom stereocenters. The van der Waals surface area contributed by atoms with Crippen LogP contribution in [-0.4, -0.2) is 0 Å². The average molecular weight is 369 g/mol. The molecule has 0 atom stereocenters. The van der Waals surface area contributed by atoms with Crippen LogP contribution >= 0.6 is 15.9 Å². The van der Waals surface area contributed by atoms with Crippen LogP contribution in [-0.2, 0) is 0 Å². The SMILES string of the molecule is Cc1cc(C)c2oc(=O)cc(-c3cc4cc(Br)ccc4o3)c2c1. The van der Waals surface area contributed by atoms with E-state index >= 15 is 0 Å². The number of hydrogen-bond donors (Lipinski definition) is 0. The maximum Gasteiger partial charge on any atom is 0.336 e. The lowest BCUT2D eigenvalue weighted by Gasteiger charge is -2.06. The standard InChI is InChI=1S/C19H13BrO3/c1-10-5-11(2)19-15(6-10)14(9-18(21)23-19)17-8-12-7-13(20)3-4-16(12)22-17/h3-9H,1-2H3. The van der Waals surface area contributed by atoms with Gasteiger partial charge in [0.15, 0.2) is 0 Å². The first-order chi connectivity index (χ1) is 11.0. The van der Waals surface area contributed by atoms with Gasteiger partial charge in [0.2, 0.25) is 0 Å². The second kappa shape index (κ2) is 5.10. The fourth-order valence-corrected chi connectivity index (χ4v) is 3.35. The highest BCUT2D eigenvalue weighted by atomic mass is 79.9. The minimum atomic E-state index is -0.374. The van der Waals surface area contributed by atoms with Crippen molar-refractivity contribution in [2.75, 3.05) is 0 Å². The number of fused-ring (bicyclic) bond motifs is 2.